The topological polar surface area (TPSA) is 94.2 Å². The van der Waals surface area contributed by atoms with E-state index in [2.05, 4.69) is 15.5 Å². The summed E-state index contributed by atoms with van der Waals surface area (Å²) in [6.07, 6.45) is 0. The maximum atomic E-state index is 12.2. The first kappa shape index (κ1) is 19.0. The molecule has 0 aromatic carbocycles. The van der Waals surface area contributed by atoms with Crippen molar-refractivity contribution in [3.63, 3.8) is 0 Å². The number of rotatable bonds is 4. The molecule has 25 heavy (non-hydrogen) atoms. The summed E-state index contributed by atoms with van der Waals surface area (Å²) in [7, 11) is 3.47. The van der Waals surface area contributed by atoms with Crippen molar-refractivity contribution in [1.29, 1.82) is 0 Å². The lowest BCUT2D eigenvalue weighted by atomic mass is 10.0. The molecule has 0 saturated carbocycles. The summed E-state index contributed by atoms with van der Waals surface area (Å²) in [5.74, 6) is -0.418. The van der Waals surface area contributed by atoms with E-state index >= 15 is 0 Å². The summed E-state index contributed by atoms with van der Waals surface area (Å²) in [5, 5.41) is 5.42. The molecular weight excluding hydrogens is 326 g/mol. The Morgan fingerprint density at radius 3 is 2.44 bits per heavy atom. The number of nitrogens with zero attached hydrogens (tertiary/aromatic N) is 3. The van der Waals surface area contributed by atoms with Crippen molar-refractivity contribution >= 4 is 18.0 Å². The molecule has 4 amide bonds. The molecule has 9 heteroatoms. The standard InChI is InChI=1S/C16H27N5O4/c1-5-25-14(22)13-11(2)17-15(23)18-12(13)10-20-6-8-21(9-7-20)16(24)19(3)4/h11H,5-10H2,1-4H3,(H2,17,18,23). The first-order valence-corrected chi connectivity index (χ1v) is 8.49. The molecule has 0 radical (unpaired) electrons. The van der Waals surface area contributed by atoms with Crippen molar-refractivity contribution in [2.75, 3.05) is 53.4 Å². The van der Waals surface area contributed by atoms with Gasteiger partial charge in [-0.2, -0.15) is 0 Å². The summed E-state index contributed by atoms with van der Waals surface area (Å²) in [6, 6.07) is -0.730. The van der Waals surface area contributed by atoms with E-state index in [1.54, 1.807) is 37.7 Å². The Hall–Kier alpha value is -2.29. The van der Waals surface area contributed by atoms with Gasteiger partial charge in [0.05, 0.1) is 18.2 Å². The summed E-state index contributed by atoms with van der Waals surface area (Å²) in [4.78, 5) is 41.5. The summed E-state index contributed by atoms with van der Waals surface area (Å²) in [5.41, 5.74) is 1.02. The number of piperazine rings is 1. The Morgan fingerprint density at radius 2 is 1.88 bits per heavy atom. The maximum absolute atomic E-state index is 12.2. The average molecular weight is 353 g/mol. The van der Waals surface area contributed by atoms with Gasteiger partial charge in [0.1, 0.15) is 0 Å². The molecule has 0 aromatic rings. The zero-order chi connectivity index (χ0) is 18.6. The van der Waals surface area contributed by atoms with Gasteiger partial charge in [0, 0.05) is 52.5 Å². The molecule has 1 saturated heterocycles. The van der Waals surface area contributed by atoms with E-state index in [0.29, 0.717) is 44.0 Å². The maximum Gasteiger partial charge on any atom is 0.337 e. The number of hydrogen-bond acceptors (Lipinski definition) is 5. The highest BCUT2D eigenvalue weighted by Crippen LogP contribution is 2.16. The Morgan fingerprint density at radius 1 is 1.24 bits per heavy atom. The van der Waals surface area contributed by atoms with Gasteiger partial charge < -0.3 is 25.2 Å². The van der Waals surface area contributed by atoms with Gasteiger partial charge in [0.15, 0.2) is 0 Å². The van der Waals surface area contributed by atoms with Crippen LogP contribution in [0.2, 0.25) is 0 Å². The second-order valence-corrected chi connectivity index (χ2v) is 6.37. The number of amides is 4. The van der Waals surface area contributed by atoms with E-state index in [1.807, 2.05) is 0 Å². The third kappa shape index (κ3) is 4.62. The van der Waals surface area contributed by atoms with Crippen LogP contribution in [0.15, 0.2) is 11.3 Å². The minimum absolute atomic E-state index is 0.00475. The van der Waals surface area contributed by atoms with Crippen molar-refractivity contribution in [3.8, 4) is 0 Å². The van der Waals surface area contributed by atoms with Crippen molar-refractivity contribution < 1.29 is 19.1 Å². The quantitative estimate of drug-likeness (QED) is 0.683. The van der Waals surface area contributed by atoms with Crippen LogP contribution in [0, 0.1) is 0 Å². The van der Waals surface area contributed by atoms with Crippen LogP contribution in [0.5, 0.6) is 0 Å². The minimum atomic E-state index is -0.418. The smallest absolute Gasteiger partial charge is 0.337 e. The van der Waals surface area contributed by atoms with Gasteiger partial charge >= 0.3 is 18.0 Å². The van der Waals surface area contributed by atoms with Crippen LogP contribution in [-0.2, 0) is 9.53 Å². The molecular formula is C16H27N5O4. The molecule has 0 bridgehead atoms. The number of urea groups is 2. The third-order valence-electron chi connectivity index (χ3n) is 4.27. The van der Waals surface area contributed by atoms with Crippen LogP contribution < -0.4 is 10.6 Å². The fourth-order valence-corrected chi connectivity index (χ4v) is 3.01. The van der Waals surface area contributed by atoms with Gasteiger partial charge in [0.2, 0.25) is 0 Å². The molecule has 2 N–H and O–H groups in total. The number of carbonyl (C=O) groups excluding carboxylic acids is 3. The average Bonchev–Trinajstić information content (AvgIpc) is 2.54. The Kier molecular flexibility index (Phi) is 6.24. The Bertz CT molecular complexity index is 567. The van der Waals surface area contributed by atoms with Gasteiger partial charge in [-0.3, -0.25) is 4.90 Å². The number of ether oxygens (including phenoxy) is 1. The van der Waals surface area contributed by atoms with Gasteiger partial charge in [-0.1, -0.05) is 0 Å². The number of nitrogens with one attached hydrogen (secondary N) is 2. The summed E-state index contributed by atoms with van der Waals surface area (Å²) in [6.45, 7) is 6.81. The van der Waals surface area contributed by atoms with Gasteiger partial charge in [0.25, 0.3) is 0 Å². The van der Waals surface area contributed by atoms with Crippen molar-refractivity contribution in [3.05, 3.63) is 11.3 Å². The molecule has 0 aromatic heterocycles. The zero-order valence-electron chi connectivity index (χ0n) is 15.3. The molecule has 2 aliphatic heterocycles. The molecule has 2 aliphatic rings. The van der Waals surface area contributed by atoms with Crippen molar-refractivity contribution in [2.45, 2.75) is 19.9 Å². The van der Waals surface area contributed by atoms with Gasteiger partial charge in [-0.05, 0) is 13.8 Å². The Labute approximate surface area is 147 Å². The molecule has 9 nitrogen and oxygen atoms in total. The third-order valence-corrected chi connectivity index (χ3v) is 4.27. The lowest BCUT2D eigenvalue weighted by molar-refractivity contribution is -0.139. The summed E-state index contributed by atoms with van der Waals surface area (Å²) >= 11 is 0. The van der Waals surface area contributed by atoms with Crippen LogP contribution in [0.3, 0.4) is 0 Å². The van der Waals surface area contributed by atoms with Gasteiger partial charge in [-0.15, -0.1) is 0 Å². The van der Waals surface area contributed by atoms with Crippen molar-refractivity contribution in [2.24, 2.45) is 0 Å². The van der Waals surface area contributed by atoms with E-state index < -0.39 is 12.0 Å². The molecule has 0 spiro atoms. The van der Waals surface area contributed by atoms with E-state index in [0.717, 1.165) is 0 Å². The van der Waals surface area contributed by atoms with E-state index in [1.165, 1.54) is 0 Å². The lowest BCUT2D eigenvalue weighted by Crippen LogP contribution is -2.54. The highest BCUT2D eigenvalue weighted by molar-refractivity contribution is 5.94. The number of hydrogen-bond donors (Lipinski definition) is 2. The van der Waals surface area contributed by atoms with E-state index in [9.17, 15) is 14.4 Å². The molecule has 1 atom stereocenters. The molecule has 1 unspecified atom stereocenters. The monoisotopic (exact) mass is 353 g/mol. The van der Waals surface area contributed by atoms with Crippen LogP contribution >= 0.6 is 0 Å². The van der Waals surface area contributed by atoms with Crippen LogP contribution in [0.1, 0.15) is 13.8 Å². The van der Waals surface area contributed by atoms with E-state index in [4.69, 9.17) is 4.74 Å². The van der Waals surface area contributed by atoms with Crippen LogP contribution in [0.4, 0.5) is 9.59 Å². The predicted octanol–water partition coefficient (Wildman–Crippen LogP) is -0.196. The fourth-order valence-electron chi connectivity index (χ4n) is 3.01. The fraction of sp³-hybridized carbons (Fsp3) is 0.688. The minimum Gasteiger partial charge on any atom is -0.463 e. The Balaban J connectivity index is 2.06. The molecule has 1 fully saturated rings. The number of esters is 1. The molecule has 140 valence electrons. The summed E-state index contributed by atoms with van der Waals surface area (Å²) < 4.78 is 5.12. The first-order chi connectivity index (χ1) is 11.8. The second-order valence-electron chi connectivity index (χ2n) is 6.37. The molecule has 2 heterocycles. The van der Waals surface area contributed by atoms with Crippen LogP contribution in [-0.4, -0.2) is 92.2 Å². The number of carbonyl (C=O) groups is 3. The van der Waals surface area contributed by atoms with E-state index in [-0.39, 0.29) is 18.7 Å². The zero-order valence-corrected chi connectivity index (χ0v) is 15.3. The highest BCUT2D eigenvalue weighted by atomic mass is 16.5. The molecule has 0 aliphatic carbocycles. The van der Waals surface area contributed by atoms with Gasteiger partial charge in [-0.25, -0.2) is 14.4 Å². The first-order valence-electron chi connectivity index (χ1n) is 8.49. The largest absolute Gasteiger partial charge is 0.463 e. The normalized spacial score (nSPS) is 21.5. The lowest BCUT2D eigenvalue weighted by Gasteiger charge is -2.37. The molecule has 2 rings (SSSR count). The predicted molar refractivity (Wildman–Crippen MR) is 91.9 cm³/mol. The SMILES string of the molecule is CCOC(=O)C1=C(CN2CCN(C(=O)N(C)C)CC2)NC(=O)NC1C. The van der Waals surface area contributed by atoms with Crippen molar-refractivity contribution in [1.82, 2.24) is 25.3 Å². The van der Waals surface area contributed by atoms with Crippen LogP contribution in [0.25, 0.3) is 0 Å². The highest BCUT2D eigenvalue weighted by Gasteiger charge is 2.31. The second kappa shape index (κ2) is 8.19.